The summed E-state index contributed by atoms with van der Waals surface area (Å²) in [5.41, 5.74) is 6.92. The van der Waals surface area contributed by atoms with Crippen molar-refractivity contribution in [2.75, 3.05) is 0 Å². The van der Waals surface area contributed by atoms with Gasteiger partial charge in [0.2, 0.25) is 0 Å². The Morgan fingerprint density at radius 3 is 3.00 bits per heavy atom. The Bertz CT molecular complexity index is 661. The normalized spacial score (nSPS) is 14.8. The molecule has 0 bridgehead atoms. The molecule has 1 aromatic carbocycles. The Kier molecular flexibility index (Phi) is 1.89. The van der Waals surface area contributed by atoms with Gasteiger partial charge in [-0.25, -0.2) is 0 Å². The fourth-order valence-corrected chi connectivity index (χ4v) is 3.08. The summed E-state index contributed by atoms with van der Waals surface area (Å²) in [4.78, 5) is 0. The Morgan fingerprint density at radius 1 is 1.20 bits per heavy atom. The van der Waals surface area contributed by atoms with Crippen LogP contribution in [0, 0.1) is 0 Å². The molecule has 1 nitrogen and oxygen atoms in total. The standard InChI is InChI=1S/C13H11NS/c14-11-7-3-1-6-10-9-5-2-4-8-12(9)15-13(10)11/h2-8H,1,14H2. The molecule has 0 atom stereocenters. The molecule has 1 aromatic heterocycles. The van der Waals surface area contributed by atoms with Gasteiger partial charge in [0, 0.05) is 15.8 Å². The minimum atomic E-state index is 0.889. The van der Waals surface area contributed by atoms with Crippen molar-refractivity contribution in [3.63, 3.8) is 0 Å². The smallest absolute Gasteiger partial charge is 0.0581 e. The lowest BCUT2D eigenvalue weighted by molar-refractivity contribution is 1.49. The highest BCUT2D eigenvalue weighted by molar-refractivity contribution is 7.17. The van der Waals surface area contributed by atoms with Crippen molar-refractivity contribution in [2.24, 2.45) is 5.73 Å². The van der Waals surface area contributed by atoms with E-state index in [0.29, 0.717) is 0 Å². The zero-order valence-corrected chi connectivity index (χ0v) is 9.05. The van der Waals surface area contributed by atoms with E-state index in [4.69, 9.17) is 5.73 Å². The van der Waals surface area contributed by atoms with Crippen molar-refractivity contribution in [3.05, 3.63) is 46.2 Å². The molecule has 1 aliphatic rings. The van der Waals surface area contributed by atoms with Gasteiger partial charge < -0.3 is 5.73 Å². The number of hydrogen-bond acceptors (Lipinski definition) is 2. The molecule has 0 saturated carbocycles. The van der Waals surface area contributed by atoms with E-state index in [0.717, 1.165) is 12.1 Å². The fraction of sp³-hybridized carbons (Fsp3) is 0.0769. The molecule has 0 fully saturated rings. The molecule has 2 heteroatoms. The molecule has 3 rings (SSSR count). The molecule has 0 amide bonds. The molecule has 15 heavy (non-hydrogen) atoms. The second-order valence-corrected chi connectivity index (χ2v) is 4.69. The number of nitrogens with two attached hydrogens (primary N) is 1. The second-order valence-electron chi connectivity index (χ2n) is 3.64. The third-order valence-corrected chi connectivity index (χ3v) is 3.89. The number of benzene rings is 1. The molecule has 74 valence electrons. The lowest BCUT2D eigenvalue weighted by atomic mass is 10.2. The first-order valence-electron chi connectivity index (χ1n) is 5.00. The van der Waals surface area contributed by atoms with Crippen LogP contribution in [0.15, 0.2) is 36.4 Å². The SMILES string of the molecule is NC1=c2sc3ccccc3c2=CCC=C1. The number of thiophene rings is 1. The zero-order valence-electron chi connectivity index (χ0n) is 8.23. The Hall–Kier alpha value is -1.54. The van der Waals surface area contributed by atoms with Crippen LogP contribution in [0.2, 0.25) is 0 Å². The van der Waals surface area contributed by atoms with Crippen LogP contribution in [0.5, 0.6) is 0 Å². The van der Waals surface area contributed by atoms with Gasteiger partial charge in [-0.3, -0.25) is 0 Å². The molecule has 0 spiro atoms. The van der Waals surface area contributed by atoms with Crippen LogP contribution in [0.1, 0.15) is 6.42 Å². The summed E-state index contributed by atoms with van der Waals surface area (Å²) in [6.45, 7) is 0. The third-order valence-electron chi connectivity index (χ3n) is 2.65. The van der Waals surface area contributed by atoms with Gasteiger partial charge in [0.1, 0.15) is 0 Å². The summed E-state index contributed by atoms with van der Waals surface area (Å²) >= 11 is 1.78. The van der Waals surface area contributed by atoms with Crippen LogP contribution in [0.25, 0.3) is 21.9 Å². The van der Waals surface area contributed by atoms with Gasteiger partial charge in [-0.05, 0) is 23.8 Å². The molecule has 0 aliphatic heterocycles. The van der Waals surface area contributed by atoms with Gasteiger partial charge in [0.05, 0.1) is 4.53 Å². The number of rotatable bonds is 0. The summed E-state index contributed by atoms with van der Waals surface area (Å²) in [7, 11) is 0. The van der Waals surface area contributed by atoms with Crippen LogP contribution in [0.3, 0.4) is 0 Å². The molecular weight excluding hydrogens is 202 g/mol. The van der Waals surface area contributed by atoms with E-state index in [-0.39, 0.29) is 0 Å². The summed E-state index contributed by atoms with van der Waals surface area (Å²) in [5.74, 6) is 0. The van der Waals surface area contributed by atoms with Crippen molar-refractivity contribution in [1.82, 2.24) is 0 Å². The van der Waals surface area contributed by atoms with Crippen molar-refractivity contribution in [1.29, 1.82) is 0 Å². The minimum Gasteiger partial charge on any atom is -0.398 e. The van der Waals surface area contributed by atoms with Crippen molar-refractivity contribution in [2.45, 2.75) is 6.42 Å². The summed E-state index contributed by atoms with van der Waals surface area (Å²) in [5, 5.41) is 2.63. The molecule has 1 heterocycles. The lowest BCUT2D eigenvalue weighted by Crippen LogP contribution is -2.23. The molecule has 0 unspecified atom stereocenters. The Balaban J connectivity index is 2.61. The average molecular weight is 213 g/mol. The van der Waals surface area contributed by atoms with E-state index < -0.39 is 0 Å². The van der Waals surface area contributed by atoms with Crippen LogP contribution in [-0.2, 0) is 0 Å². The maximum Gasteiger partial charge on any atom is 0.0581 e. The highest BCUT2D eigenvalue weighted by atomic mass is 32.1. The maximum absolute atomic E-state index is 6.03. The highest BCUT2D eigenvalue weighted by Crippen LogP contribution is 2.13. The monoisotopic (exact) mass is 213 g/mol. The summed E-state index contributed by atoms with van der Waals surface area (Å²) in [6.07, 6.45) is 7.34. The van der Waals surface area contributed by atoms with Crippen LogP contribution in [-0.4, -0.2) is 0 Å². The van der Waals surface area contributed by atoms with Crippen LogP contribution >= 0.6 is 11.3 Å². The Morgan fingerprint density at radius 2 is 2.07 bits per heavy atom. The van der Waals surface area contributed by atoms with Gasteiger partial charge in [-0.15, -0.1) is 11.3 Å². The fourth-order valence-electron chi connectivity index (χ4n) is 1.94. The minimum absolute atomic E-state index is 0.889. The van der Waals surface area contributed by atoms with Crippen LogP contribution < -0.4 is 15.5 Å². The number of hydrogen-bond donors (Lipinski definition) is 1. The largest absolute Gasteiger partial charge is 0.398 e. The van der Waals surface area contributed by atoms with E-state index in [1.54, 1.807) is 11.3 Å². The maximum atomic E-state index is 6.03. The molecule has 0 saturated heterocycles. The molecule has 2 aromatic rings. The molecule has 2 N–H and O–H groups in total. The van der Waals surface area contributed by atoms with Crippen molar-refractivity contribution >= 4 is 33.2 Å². The van der Waals surface area contributed by atoms with Gasteiger partial charge >= 0.3 is 0 Å². The summed E-state index contributed by atoms with van der Waals surface area (Å²) < 4.78 is 2.53. The van der Waals surface area contributed by atoms with E-state index >= 15 is 0 Å². The van der Waals surface area contributed by atoms with E-state index in [1.165, 1.54) is 19.8 Å². The predicted molar refractivity (Wildman–Crippen MR) is 66.9 cm³/mol. The predicted octanol–water partition coefficient (Wildman–Crippen LogP) is 1.71. The highest BCUT2D eigenvalue weighted by Gasteiger charge is 2.03. The zero-order chi connectivity index (χ0) is 10.3. The number of fused-ring (bicyclic) bond motifs is 3. The van der Waals surface area contributed by atoms with Gasteiger partial charge in [-0.1, -0.05) is 30.4 Å². The first kappa shape index (κ1) is 8.74. The number of allylic oxidation sites excluding steroid dienone is 1. The average Bonchev–Trinajstić information content (AvgIpc) is 2.54. The Labute approximate surface area is 91.8 Å². The quantitative estimate of drug-likeness (QED) is 0.708. The van der Waals surface area contributed by atoms with E-state index in [9.17, 15) is 0 Å². The first-order valence-corrected chi connectivity index (χ1v) is 5.82. The van der Waals surface area contributed by atoms with Crippen molar-refractivity contribution < 1.29 is 0 Å². The second kappa shape index (κ2) is 3.24. The third kappa shape index (κ3) is 1.29. The van der Waals surface area contributed by atoms with Gasteiger partial charge in [0.25, 0.3) is 0 Å². The van der Waals surface area contributed by atoms with Gasteiger partial charge in [0.15, 0.2) is 0 Å². The van der Waals surface area contributed by atoms with Gasteiger partial charge in [-0.2, -0.15) is 0 Å². The molecule has 1 aliphatic carbocycles. The molecular formula is C13H11NS. The van der Waals surface area contributed by atoms with E-state index in [1.807, 2.05) is 6.08 Å². The van der Waals surface area contributed by atoms with Crippen molar-refractivity contribution in [3.8, 4) is 0 Å². The first-order chi connectivity index (χ1) is 7.36. The van der Waals surface area contributed by atoms with E-state index in [2.05, 4.69) is 36.4 Å². The van der Waals surface area contributed by atoms with Crippen LogP contribution in [0.4, 0.5) is 0 Å². The lowest BCUT2D eigenvalue weighted by Gasteiger charge is -1.85. The molecule has 0 radical (unpaired) electrons. The summed E-state index contributed by atoms with van der Waals surface area (Å²) in [6, 6.07) is 8.47. The topological polar surface area (TPSA) is 26.0 Å².